The highest BCUT2D eigenvalue weighted by Gasteiger charge is 2.26. The quantitative estimate of drug-likeness (QED) is 0.742. The van der Waals surface area contributed by atoms with E-state index in [1.807, 2.05) is 0 Å². The highest BCUT2D eigenvalue weighted by Crippen LogP contribution is 2.30. The number of benzene rings is 1. The zero-order chi connectivity index (χ0) is 16.8. The Morgan fingerprint density at radius 3 is 2.22 bits per heavy atom. The summed E-state index contributed by atoms with van der Waals surface area (Å²) in [5.41, 5.74) is -0.191. The zero-order valence-electron chi connectivity index (χ0n) is 12.6. The third kappa shape index (κ3) is 3.51. The van der Waals surface area contributed by atoms with Gasteiger partial charge in [0.15, 0.2) is 0 Å². The summed E-state index contributed by atoms with van der Waals surface area (Å²) in [5, 5.41) is 0. The molecule has 0 saturated carbocycles. The first kappa shape index (κ1) is 16.1. The third-order valence-corrected chi connectivity index (χ3v) is 2.79. The maximum atomic E-state index is 12.4. The van der Waals surface area contributed by atoms with Gasteiger partial charge in [0.05, 0.1) is 26.9 Å². The lowest BCUT2D eigenvalue weighted by Gasteiger charge is -2.13. The van der Waals surface area contributed by atoms with Crippen molar-refractivity contribution in [3.05, 3.63) is 35.9 Å². The number of rotatable bonds is 5. The van der Waals surface area contributed by atoms with Crippen molar-refractivity contribution in [2.24, 2.45) is 0 Å². The molecule has 0 bridgehead atoms. The first-order chi connectivity index (χ1) is 11.1. The Balaban J connectivity index is 2.50. The van der Waals surface area contributed by atoms with Gasteiger partial charge in [-0.15, -0.1) is 0 Å². The molecule has 120 valence electrons. The first-order valence-electron chi connectivity index (χ1n) is 6.29. The maximum Gasteiger partial charge on any atom is 0.350 e. The van der Waals surface area contributed by atoms with E-state index in [9.17, 15) is 9.59 Å². The molecule has 0 saturated heterocycles. The number of nitrogens with zero attached hydrogens (tertiary/aromatic N) is 3. The van der Waals surface area contributed by atoms with Crippen molar-refractivity contribution in [3.8, 4) is 17.5 Å². The van der Waals surface area contributed by atoms with Crippen LogP contribution in [0.3, 0.4) is 0 Å². The van der Waals surface area contributed by atoms with Crippen LogP contribution in [0, 0.1) is 0 Å². The lowest BCUT2D eigenvalue weighted by molar-refractivity contribution is 0.0584. The van der Waals surface area contributed by atoms with Gasteiger partial charge < -0.3 is 18.9 Å². The molecule has 0 fully saturated rings. The van der Waals surface area contributed by atoms with E-state index < -0.39 is 11.9 Å². The Morgan fingerprint density at radius 1 is 0.957 bits per heavy atom. The minimum absolute atomic E-state index is 0.0669. The molecule has 0 amide bonds. The molecule has 0 atom stereocenters. The molecular formula is C14H13N3O6. The van der Waals surface area contributed by atoms with Crippen LogP contribution in [0.5, 0.6) is 17.5 Å². The summed E-state index contributed by atoms with van der Waals surface area (Å²) in [4.78, 5) is 35.3. The van der Waals surface area contributed by atoms with Crippen molar-refractivity contribution < 1.29 is 28.5 Å². The van der Waals surface area contributed by atoms with Crippen LogP contribution >= 0.6 is 0 Å². The fourth-order valence-corrected chi connectivity index (χ4v) is 1.77. The maximum absolute atomic E-state index is 12.4. The molecule has 0 N–H and O–H groups in total. The predicted octanol–water partition coefficient (Wildman–Crippen LogP) is 0.895. The molecule has 0 spiro atoms. The Bertz CT molecular complexity index is 720. The highest BCUT2D eigenvalue weighted by molar-refractivity contribution is 6.06. The topological polar surface area (TPSA) is 110 Å². The molecule has 0 aliphatic heterocycles. The number of carbonyl (C=O) groups is 2. The first-order valence-corrected chi connectivity index (χ1v) is 6.29. The number of ether oxygens (including phenoxy) is 4. The molecule has 0 aliphatic carbocycles. The van der Waals surface area contributed by atoms with E-state index in [0.717, 1.165) is 0 Å². The van der Waals surface area contributed by atoms with Gasteiger partial charge in [0.1, 0.15) is 29.7 Å². The van der Waals surface area contributed by atoms with Crippen LogP contribution in [-0.2, 0) is 4.74 Å². The van der Waals surface area contributed by atoms with E-state index in [1.165, 1.54) is 46.1 Å². The standard InChI is InChI=1S/C14H13N3O6/c1-20-8-4-9(12(18)22-3)11(10(5-8)21-2)13(19)23-14-16-6-15-7-17-14/h4-7H,1-3H3. The molecule has 23 heavy (non-hydrogen) atoms. The van der Waals surface area contributed by atoms with E-state index in [1.54, 1.807) is 0 Å². The van der Waals surface area contributed by atoms with Gasteiger partial charge in [0.25, 0.3) is 0 Å². The molecule has 0 aliphatic rings. The fraction of sp³-hybridized carbons (Fsp3) is 0.214. The van der Waals surface area contributed by atoms with Crippen molar-refractivity contribution in [2.45, 2.75) is 0 Å². The molecule has 2 aromatic rings. The number of carbonyl (C=O) groups excluding carboxylic acids is 2. The average molecular weight is 319 g/mol. The minimum atomic E-state index is -0.879. The smallest absolute Gasteiger partial charge is 0.350 e. The number of hydrogen-bond donors (Lipinski definition) is 0. The van der Waals surface area contributed by atoms with Crippen molar-refractivity contribution in [2.75, 3.05) is 21.3 Å². The lowest BCUT2D eigenvalue weighted by Crippen LogP contribution is -2.18. The summed E-state index contributed by atoms with van der Waals surface area (Å²) in [5.74, 6) is -1.22. The highest BCUT2D eigenvalue weighted by atomic mass is 16.6. The largest absolute Gasteiger partial charge is 0.497 e. The van der Waals surface area contributed by atoms with Crippen molar-refractivity contribution in [1.29, 1.82) is 0 Å². The monoisotopic (exact) mass is 319 g/mol. The Labute approximate surface area is 131 Å². The molecule has 1 aromatic carbocycles. The molecule has 2 rings (SSSR count). The Kier molecular flexibility index (Phi) is 5.03. The zero-order valence-corrected chi connectivity index (χ0v) is 12.6. The van der Waals surface area contributed by atoms with Crippen molar-refractivity contribution in [1.82, 2.24) is 15.0 Å². The van der Waals surface area contributed by atoms with Crippen LogP contribution in [0.2, 0.25) is 0 Å². The average Bonchev–Trinajstić information content (AvgIpc) is 2.60. The molecule has 1 aromatic heterocycles. The van der Waals surface area contributed by atoms with Crippen LogP contribution in [0.4, 0.5) is 0 Å². The van der Waals surface area contributed by atoms with Crippen molar-refractivity contribution in [3.63, 3.8) is 0 Å². The van der Waals surface area contributed by atoms with Gasteiger partial charge in [-0.05, 0) is 6.07 Å². The molecular weight excluding hydrogens is 306 g/mol. The third-order valence-electron chi connectivity index (χ3n) is 2.79. The molecule has 1 heterocycles. The van der Waals surface area contributed by atoms with Gasteiger partial charge in [0.2, 0.25) is 0 Å². The summed E-state index contributed by atoms with van der Waals surface area (Å²) in [6.07, 6.45) is 2.34. The van der Waals surface area contributed by atoms with E-state index in [4.69, 9.17) is 14.2 Å². The molecule has 0 unspecified atom stereocenters. The van der Waals surface area contributed by atoms with Gasteiger partial charge >= 0.3 is 17.9 Å². The van der Waals surface area contributed by atoms with Crippen LogP contribution in [-0.4, -0.2) is 48.2 Å². The van der Waals surface area contributed by atoms with Gasteiger partial charge in [-0.3, -0.25) is 0 Å². The Morgan fingerprint density at radius 2 is 1.65 bits per heavy atom. The van der Waals surface area contributed by atoms with Crippen LogP contribution < -0.4 is 14.2 Å². The molecule has 0 radical (unpaired) electrons. The van der Waals surface area contributed by atoms with Gasteiger partial charge in [0, 0.05) is 6.07 Å². The van der Waals surface area contributed by atoms with Crippen LogP contribution in [0.15, 0.2) is 24.8 Å². The second kappa shape index (κ2) is 7.16. The summed E-state index contributed by atoms with van der Waals surface area (Å²) in [7, 11) is 3.95. The number of hydrogen-bond acceptors (Lipinski definition) is 9. The van der Waals surface area contributed by atoms with E-state index in [0.29, 0.717) is 5.75 Å². The normalized spacial score (nSPS) is 9.87. The van der Waals surface area contributed by atoms with Crippen LogP contribution in [0.25, 0.3) is 0 Å². The van der Waals surface area contributed by atoms with E-state index in [-0.39, 0.29) is 22.9 Å². The fourth-order valence-electron chi connectivity index (χ4n) is 1.77. The number of aromatic nitrogens is 3. The summed E-state index contributed by atoms with van der Waals surface area (Å²) >= 11 is 0. The molecule has 9 nitrogen and oxygen atoms in total. The summed E-state index contributed by atoms with van der Waals surface area (Å²) < 4.78 is 19.9. The summed E-state index contributed by atoms with van der Waals surface area (Å²) in [6, 6.07) is 2.58. The number of esters is 2. The SMILES string of the molecule is COC(=O)c1cc(OC)cc(OC)c1C(=O)Oc1ncncn1. The van der Waals surface area contributed by atoms with E-state index in [2.05, 4.69) is 19.7 Å². The minimum Gasteiger partial charge on any atom is -0.497 e. The van der Waals surface area contributed by atoms with Gasteiger partial charge in [-0.2, -0.15) is 9.97 Å². The second-order valence-electron chi connectivity index (χ2n) is 4.05. The van der Waals surface area contributed by atoms with Gasteiger partial charge in [-0.25, -0.2) is 14.6 Å². The van der Waals surface area contributed by atoms with Crippen LogP contribution in [0.1, 0.15) is 20.7 Å². The second-order valence-corrected chi connectivity index (χ2v) is 4.05. The van der Waals surface area contributed by atoms with Gasteiger partial charge in [-0.1, -0.05) is 0 Å². The molecule has 9 heteroatoms. The predicted molar refractivity (Wildman–Crippen MR) is 75.7 cm³/mol. The van der Waals surface area contributed by atoms with Crippen molar-refractivity contribution >= 4 is 11.9 Å². The lowest BCUT2D eigenvalue weighted by atomic mass is 10.1. The number of methoxy groups -OCH3 is 3. The Hall–Kier alpha value is -3.23. The van der Waals surface area contributed by atoms with E-state index >= 15 is 0 Å². The summed E-state index contributed by atoms with van der Waals surface area (Å²) in [6.45, 7) is 0.